The van der Waals surface area contributed by atoms with Crippen LogP contribution in [0.4, 0.5) is 0 Å². The van der Waals surface area contributed by atoms with Gasteiger partial charge in [0, 0.05) is 29.3 Å². The molecule has 0 saturated carbocycles. The van der Waals surface area contributed by atoms with Crippen molar-refractivity contribution in [1.82, 2.24) is 4.90 Å². The maximum absolute atomic E-state index is 12.3. The number of rotatable bonds is 5. The van der Waals surface area contributed by atoms with Gasteiger partial charge in [0.15, 0.2) is 0 Å². The SMILES string of the molecule is Cc1cc(CCCC(=O)N2CCCC(C)(C(=O)O)C2)c(C)s1. The van der Waals surface area contributed by atoms with Crippen molar-refractivity contribution >= 4 is 23.2 Å². The topological polar surface area (TPSA) is 57.6 Å². The van der Waals surface area contributed by atoms with E-state index >= 15 is 0 Å². The molecule has 0 spiro atoms. The summed E-state index contributed by atoms with van der Waals surface area (Å²) in [6.45, 7) is 7.01. The Morgan fingerprint density at radius 2 is 2.14 bits per heavy atom. The zero-order valence-electron chi connectivity index (χ0n) is 13.6. The van der Waals surface area contributed by atoms with Crippen LogP contribution in [0.5, 0.6) is 0 Å². The third-order valence-electron chi connectivity index (χ3n) is 4.55. The van der Waals surface area contributed by atoms with Gasteiger partial charge in [-0.2, -0.15) is 0 Å². The molecule has 0 bridgehead atoms. The molecule has 1 N–H and O–H groups in total. The number of aryl methyl sites for hydroxylation is 3. The molecule has 0 radical (unpaired) electrons. The Bertz CT molecular complexity index is 566. The molecular weight excluding hydrogens is 298 g/mol. The normalized spacial score (nSPS) is 21.9. The van der Waals surface area contributed by atoms with Crippen molar-refractivity contribution < 1.29 is 14.7 Å². The highest BCUT2D eigenvalue weighted by Crippen LogP contribution is 2.30. The molecule has 4 nitrogen and oxygen atoms in total. The Labute approximate surface area is 136 Å². The van der Waals surface area contributed by atoms with Crippen LogP contribution in [0.3, 0.4) is 0 Å². The third kappa shape index (κ3) is 3.88. The summed E-state index contributed by atoms with van der Waals surface area (Å²) in [7, 11) is 0. The fourth-order valence-corrected chi connectivity index (χ4v) is 4.12. The number of carbonyl (C=O) groups is 2. The summed E-state index contributed by atoms with van der Waals surface area (Å²) in [5.41, 5.74) is 0.555. The minimum absolute atomic E-state index is 0.0942. The van der Waals surface area contributed by atoms with E-state index in [0.717, 1.165) is 19.3 Å². The van der Waals surface area contributed by atoms with Gasteiger partial charge in [-0.25, -0.2) is 0 Å². The van der Waals surface area contributed by atoms with Crippen molar-refractivity contribution in [1.29, 1.82) is 0 Å². The van der Waals surface area contributed by atoms with Crippen LogP contribution >= 0.6 is 11.3 Å². The second-order valence-corrected chi connectivity index (χ2v) is 8.04. The molecule has 0 aromatic carbocycles. The lowest BCUT2D eigenvalue weighted by molar-refractivity contribution is -0.153. The highest BCUT2D eigenvalue weighted by molar-refractivity contribution is 7.12. The van der Waals surface area contributed by atoms with Crippen LogP contribution in [0.15, 0.2) is 6.07 Å². The van der Waals surface area contributed by atoms with E-state index in [2.05, 4.69) is 19.9 Å². The molecule has 1 amide bonds. The summed E-state index contributed by atoms with van der Waals surface area (Å²) in [5.74, 6) is -0.703. The zero-order chi connectivity index (χ0) is 16.3. The number of thiophene rings is 1. The Morgan fingerprint density at radius 1 is 1.41 bits per heavy atom. The first-order valence-electron chi connectivity index (χ1n) is 7.89. The lowest BCUT2D eigenvalue weighted by atomic mass is 9.82. The first kappa shape index (κ1) is 17.0. The van der Waals surface area contributed by atoms with Crippen LogP contribution in [0, 0.1) is 19.3 Å². The Hall–Kier alpha value is -1.36. The predicted octanol–water partition coefficient (Wildman–Crippen LogP) is 3.40. The fourth-order valence-electron chi connectivity index (χ4n) is 3.15. The molecule has 1 aromatic heterocycles. The van der Waals surface area contributed by atoms with Gasteiger partial charge in [-0.15, -0.1) is 11.3 Å². The zero-order valence-corrected chi connectivity index (χ0v) is 14.5. The molecular formula is C17H25NO3S. The molecule has 1 saturated heterocycles. The maximum atomic E-state index is 12.3. The molecule has 1 aliphatic heterocycles. The molecule has 2 heterocycles. The summed E-state index contributed by atoms with van der Waals surface area (Å²) in [4.78, 5) is 28.1. The molecule has 1 aliphatic rings. The van der Waals surface area contributed by atoms with Crippen LogP contribution in [0.25, 0.3) is 0 Å². The monoisotopic (exact) mass is 323 g/mol. The summed E-state index contributed by atoms with van der Waals surface area (Å²) in [6, 6.07) is 2.20. The van der Waals surface area contributed by atoms with Gasteiger partial charge >= 0.3 is 5.97 Å². The van der Waals surface area contributed by atoms with Crippen LogP contribution < -0.4 is 0 Å². The smallest absolute Gasteiger partial charge is 0.311 e. The van der Waals surface area contributed by atoms with Gasteiger partial charge in [0.2, 0.25) is 5.91 Å². The highest BCUT2D eigenvalue weighted by Gasteiger charge is 2.39. The van der Waals surface area contributed by atoms with Crippen molar-refractivity contribution in [2.45, 2.75) is 52.9 Å². The van der Waals surface area contributed by atoms with E-state index in [1.54, 1.807) is 23.2 Å². The average Bonchev–Trinajstić information content (AvgIpc) is 2.77. The van der Waals surface area contributed by atoms with E-state index in [0.29, 0.717) is 25.9 Å². The molecule has 2 rings (SSSR count). The van der Waals surface area contributed by atoms with E-state index in [-0.39, 0.29) is 5.91 Å². The number of carbonyl (C=O) groups excluding carboxylic acids is 1. The molecule has 5 heteroatoms. The number of amides is 1. The van der Waals surface area contributed by atoms with Crippen LogP contribution in [-0.4, -0.2) is 35.0 Å². The van der Waals surface area contributed by atoms with Gasteiger partial charge in [-0.05, 0) is 58.1 Å². The van der Waals surface area contributed by atoms with Gasteiger partial charge in [-0.3, -0.25) is 9.59 Å². The molecule has 0 aliphatic carbocycles. The van der Waals surface area contributed by atoms with Gasteiger partial charge < -0.3 is 10.0 Å². The van der Waals surface area contributed by atoms with E-state index in [1.807, 2.05) is 0 Å². The van der Waals surface area contributed by atoms with Gasteiger partial charge in [-0.1, -0.05) is 0 Å². The molecule has 1 atom stereocenters. The van der Waals surface area contributed by atoms with Crippen molar-refractivity contribution in [3.8, 4) is 0 Å². The van der Waals surface area contributed by atoms with Crippen molar-refractivity contribution in [3.05, 3.63) is 21.4 Å². The minimum Gasteiger partial charge on any atom is -0.481 e. The van der Waals surface area contributed by atoms with Gasteiger partial charge in [0.1, 0.15) is 0 Å². The van der Waals surface area contributed by atoms with Crippen molar-refractivity contribution in [2.75, 3.05) is 13.1 Å². The van der Waals surface area contributed by atoms with E-state index in [1.165, 1.54) is 15.3 Å². The Morgan fingerprint density at radius 3 is 2.73 bits per heavy atom. The minimum atomic E-state index is -0.797. The quantitative estimate of drug-likeness (QED) is 0.903. The summed E-state index contributed by atoms with van der Waals surface area (Å²) in [5, 5.41) is 9.32. The standard InChI is InChI=1S/C17H25NO3S/c1-12-10-14(13(2)22-12)6-4-7-15(19)18-9-5-8-17(3,11-18)16(20)21/h10H,4-9,11H2,1-3H3,(H,20,21). The first-order valence-corrected chi connectivity index (χ1v) is 8.70. The number of hydrogen-bond acceptors (Lipinski definition) is 3. The summed E-state index contributed by atoms with van der Waals surface area (Å²) >= 11 is 1.80. The van der Waals surface area contributed by atoms with E-state index in [9.17, 15) is 14.7 Å². The average molecular weight is 323 g/mol. The fraction of sp³-hybridized carbons (Fsp3) is 0.647. The highest BCUT2D eigenvalue weighted by atomic mass is 32.1. The Balaban J connectivity index is 1.84. The van der Waals surface area contributed by atoms with E-state index in [4.69, 9.17) is 0 Å². The maximum Gasteiger partial charge on any atom is 0.311 e. The number of piperidine rings is 1. The summed E-state index contributed by atoms with van der Waals surface area (Å²) in [6.07, 6.45) is 3.68. The third-order valence-corrected chi connectivity index (χ3v) is 5.55. The van der Waals surface area contributed by atoms with E-state index < -0.39 is 11.4 Å². The van der Waals surface area contributed by atoms with Gasteiger partial charge in [0.05, 0.1) is 5.41 Å². The number of nitrogens with zero attached hydrogens (tertiary/aromatic N) is 1. The molecule has 1 fully saturated rings. The van der Waals surface area contributed by atoms with Gasteiger partial charge in [0.25, 0.3) is 0 Å². The molecule has 1 unspecified atom stereocenters. The second kappa shape index (κ2) is 6.82. The molecule has 122 valence electrons. The van der Waals surface area contributed by atoms with Crippen LogP contribution in [-0.2, 0) is 16.0 Å². The second-order valence-electron chi connectivity index (χ2n) is 6.58. The number of aliphatic carboxylic acids is 1. The van der Waals surface area contributed by atoms with Crippen molar-refractivity contribution in [3.63, 3.8) is 0 Å². The number of carboxylic acids is 1. The molecule has 1 aromatic rings. The largest absolute Gasteiger partial charge is 0.481 e. The Kier molecular flexibility index (Phi) is 5.27. The predicted molar refractivity (Wildman–Crippen MR) is 88.3 cm³/mol. The number of likely N-dealkylation sites (tertiary alicyclic amines) is 1. The first-order chi connectivity index (χ1) is 10.3. The number of hydrogen-bond donors (Lipinski definition) is 1. The number of carboxylic acid groups (broad SMARTS) is 1. The lowest BCUT2D eigenvalue weighted by Gasteiger charge is -2.37. The molecule has 22 heavy (non-hydrogen) atoms. The van der Waals surface area contributed by atoms with Crippen LogP contribution in [0.1, 0.15) is 47.9 Å². The lowest BCUT2D eigenvalue weighted by Crippen LogP contribution is -2.48. The van der Waals surface area contributed by atoms with Crippen LogP contribution in [0.2, 0.25) is 0 Å². The van der Waals surface area contributed by atoms with Crippen molar-refractivity contribution in [2.24, 2.45) is 5.41 Å². The summed E-state index contributed by atoms with van der Waals surface area (Å²) < 4.78 is 0.